The number of nitrogens with zero attached hydrogens (tertiary/aromatic N) is 1. The Kier molecular flexibility index (Phi) is 2.87. The summed E-state index contributed by atoms with van der Waals surface area (Å²) in [6, 6.07) is 3.01. The minimum atomic E-state index is -0.412. The van der Waals surface area contributed by atoms with Gasteiger partial charge >= 0.3 is 0 Å². The smallest absolute Gasteiger partial charge is 0.272 e. The first-order valence-electron chi connectivity index (χ1n) is 3.68. The molecule has 0 amide bonds. The van der Waals surface area contributed by atoms with Crippen molar-refractivity contribution >= 4 is 27.3 Å². The lowest BCUT2D eigenvalue weighted by atomic mass is 10.2. The van der Waals surface area contributed by atoms with E-state index in [2.05, 4.69) is 21.2 Å². The fourth-order valence-electron chi connectivity index (χ4n) is 1.03. The first-order chi connectivity index (χ1) is 6.06. The van der Waals surface area contributed by atoms with E-state index < -0.39 is 4.92 Å². The molecule has 0 bridgehead atoms. The minimum absolute atomic E-state index is 0.0850. The van der Waals surface area contributed by atoms with Gasteiger partial charge in [0.1, 0.15) is 0 Å². The second-order valence-corrected chi connectivity index (χ2v) is 3.46. The molecule has 1 rings (SSSR count). The van der Waals surface area contributed by atoms with Gasteiger partial charge in [-0.1, -0.05) is 15.9 Å². The molecule has 0 aliphatic heterocycles. The van der Waals surface area contributed by atoms with Crippen molar-refractivity contribution in [1.82, 2.24) is 0 Å². The highest BCUT2D eigenvalue weighted by atomic mass is 79.9. The average Bonchev–Trinajstić information content (AvgIpc) is 2.09. The van der Waals surface area contributed by atoms with E-state index in [1.165, 1.54) is 12.1 Å². The van der Waals surface area contributed by atoms with Crippen molar-refractivity contribution in [3.05, 3.63) is 32.3 Å². The number of nitro groups is 1. The number of non-ortho nitro benzene ring substituents is 1. The van der Waals surface area contributed by atoms with Crippen molar-refractivity contribution < 1.29 is 4.92 Å². The van der Waals surface area contributed by atoms with Crippen LogP contribution in [0.3, 0.4) is 0 Å². The van der Waals surface area contributed by atoms with Gasteiger partial charge in [-0.2, -0.15) is 0 Å². The highest BCUT2D eigenvalue weighted by Gasteiger charge is 2.11. The largest absolute Gasteiger partial charge is 0.388 e. The van der Waals surface area contributed by atoms with Gasteiger partial charge in [0.15, 0.2) is 0 Å². The number of nitrogens with one attached hydrogen (secondary N) is 1. The molecule has 0 aromatic heterocycles. The lowest BCUT2D eigenvalue weighted by Crippen LogP contribution is -1.95. The summed E-state index contributed by atoms with van der Waals surface area (Å²) in [5.74, 6) is 0. The highest BCUT2D eigenvalue weighted by Crippen LogP contribution is 2.29. The van der Waals surface area contributed by atoms with E-state index >= 15 is 0 Å². The molecular formula is C8H9BrN2O2. The monoisotopic (exact) mass is 244 g/mol. The summed E-state index contributed by atoms with van der Waals surface area (Å²) in [6.07, 6.45) is 0. The van der Waals surface area contributed by atoms with Crippen molar-refractivity contribution in [2.24, 2.45) is 0 Å². The third-order valence-electron chi connectivity index (χ3n) is 1.81. The molecule has 0 radical (unpaired) electrons. The number of hydrogen-bond acceptors (Lipinski definition) is 3. The first kappa shape index (κ1) is 9.98. The summed E-state index contributed by atoms with van der Waals surface area (Å²) in [5.41, 5.74) is 1.82. The summed E-state index contributed by atoms with van der Waals surface area (Å²) in [5, 5.41) is 13.4. The third-order valence-corrected chi connectivity index (χ3v) is 2.63. The van der Waals surface area contributed by atoms with E-state index in [0.717, 1.165) is 15.7 Å². The molecule has 0 heterocycles. The van der Waals surface area contributed by atoms with Gasteiger partial charge in [-0.15, -0.1) is 0 Å². The lowest BCUT2D eigenvalue weighted by Gasteiger charge is -2.06. The average molecular weight is 245 g/mol. The molecule has 0 spiro atoms. The van der Waals surface area contributed by atoms with E-state index in [1.54, 1.807) is 7.05 Å². The Bertz CT molecular complexity index is 352. The van der Waals surface area contributed by atoms with Crippen LogP contribution < -0.4 is 5.32 Å². The van der Waals surface area contributed by atoms with Crippen LogP contribution in [0.15, 0.2) is 16.6 Å². The highest BCUT2D eigenvalue weighted by molar-refractivity contribution is 9.10. The van der Waals surface area contributed by atoms with Gasteiger partial charge in [-0.05, 0) is 12.5 Å². The van der Waals surface area contributed by atoms with Crippen LogP contribution in [0.1, 0.15) is 5.56 Å². The number of rotatable bonds is 2. The van der Waals surface area contributed by atoms with E-state index in [9.17, 15) is 10.1 Å². The van der Waals surface area contributed by atoms with Crippen LogP contribution in [0, 0.1) is 17.0 Å². The molecule has 0 saturated carbocycles. The van der Waals surface area contributed by atoms with Crippen molar-refractivity contribution in [2.45, 2.75) is 6.92 Å². The lowest BCUT2D eigenvalue weighted by molar-refractivity contribution is -0.384. The van der Waals surface area contributed by atoms with E-state index in [1.807, 2.05) is 6.92 Å². The maximum atomic E-state index is 10.5. The molecule has 13 heavy (non-hydrogen) atoms. The van der Waals surface area contributed by atoms with Crippen LogP contribution in [-0.4, -0.2) is 12.0 Å². The molecule has 4 nitrogen and oxygen atoms in total. The standard InChI is InChI=1S/C8H9BrN2O2/c1-5-7(9)3-6(11(12)13)4-8(5)10-2/h3-4,10H,1-2H3. The van der Waals surface area contributed by atoms with Gasteiger partial charge < -0.3 is 5.32 Å². The fraction of sp³-hybridized carbons (Fsp3) is 0.250. The number of nitro benzene ring substituents is 1. The maximum absolute atomic E-state index is 10.5. The molecule has 0 unspecified atom stereocenters. The molecule has 0 aliphatic carbocycles. The second-order valence-electron chi connectivity index (χ2n) is 2.61. The number of halogens is 1. The number of benzene rings is 1. The Hall–Kier alpha value is -1.10. The van der Waals surface area contributed by atoms with Gasteiger partial charge in [0.25, 0.3) is 5.69 Å². The molecule has 0 fully saturated rings. The van der Waals surface area contributed by atoms with Gasteiger partial charge in [-0.25, -0.2) is 0 Å². The molecule has 1 N–H and O–H groups in total. The quantitative estimate of drug-likeness (QED) is 0.643. The van der Waals surface area contributed by atoms with Crippen LogP contribution in [0.25, 0.3) is 0 Å². The molecule has 0 atom stereocenters. The summed E-state index contributed by atoms with van der Waals surface area (Å²) < 4.78 is 0.742. The predicted molar refractivity (Wildman–Crippen MR) is 55.1 cm³/mol. The zero-order valence-electron chi connectivity index (χ0n) is 7.30. The predicted octanol–water partition coefficient (Wildman–Crippen LogP) is 2.71. The van der Waals surface area contributed by atoms with Gasteiger partial charge in [0, 0.05) is 29.3 Å². The molecule has 1 aromatic rings. The molecule has 0 saturated heterocycles. The first-order valence-corrected chi connectivity index (χ1v) is 4.48. The second kappa shape index (κ2) is 3.74. The van der Waals surface area contributed by atoms with Gasteiger partial charge in [0.05, 0.1) is 4.92 Å². The van der Waals surface area contributed by atoms with E-state index in [0.29, 0.717) is 0 Å². The Morgan fingerprint density at radius 3 is 2.62 bits per heavy atom. The van der Waals surface area contributed by atoms with E-state index in [-0.39, 0.29) is 5.69 Å². The molecule has 0 aliphatic rings. The summed E-state index contributed by atoms with van der Waals surface area (Å²) in [4.78, 5) is 10.1. The molecular weight excluding hydrogens is 236 g/mol. The van der Waals surface area contributed by atoms with Crippen molar-refractivity contribution in [3.63, 3.8) is 0 Å². The van der Waals surface area contributed by atoms with Crippen LogP contribution >= 0.6 is 15.9 Å². The van der Waals surface area contributed by atoms with Crippen molar-refractivity contribution in [1.29, 1.82) is 0 Å². The van der Waals surface area contributed by atoms with Gasteiger partial charge in [-0.3, -0.25) is 10.1 Å². The zero-order chi connectivity index (χ0) is 10.0. The fourth-order valence-corrected chi connectivity index (χ4v) is 1.48. The normalized spacial score (nSPS) is 9.77. The summed E-state index contributed by atoms with van der Waals surface area (Å²) in [6.45, 7) is 1.89. The van der Waals surface area contributed by atoms with Crippen molar-refractivity contribution in [2.75, 3.05) is 12.4 Å². The zero-order valence-corrected chi connectivity index (χ0v) is 8.88. The van der Waals surface area contributed by atoms with E-state index in [4.69, 9.17) is 0 Å². The summed E-state index contributed by atoms with van der Waals surface area (Å²) >= 11 is 3.26. The number of anilines is 1. The maximum Gasteiger partial charge on any atom is 0.272 e. The Morgan fingerprint density at radius 2 is 2.15 bits per heavy atom. The van der Waals surface area contributed by atoms with Crippen LogP contribution in [0.4, 0.5) is 11.4 Å². The Balaban J connectivity index is 3.30. The molecule has 70 valence electrons. The van der Waals surface area contributed by atoms with Gasteiger partial charge in [0.2, 0.25) is 0 Å². The SMILES string of the molecule is CNc1cc([N+](=O)[O-])cc(Br)c1C. The Labute approximate surface area is 84.2 Å². The molecule has 1 aromatic carbocycles. The van der Waals surface area contributed by atoms with Crippen LogP contribution in [-0.2, 0) is 0 Å². The minimum Gasteiger partial charge on any atom is -0.388 e. The summed E-state index contributed by atoms with van der Waals surface area (Å²) in [7, 11) is 1.73. The van der Waals surface area contributed by atoms with Crippen LogP contribution in [0.2, 0.25) is 0 Å². The van der Waals surface area contributed by atoms with Crippen LogP contribution in [0.5, 0.6) is 0 Å². The topological polar surface area (TPSA) is 55.2 Å². The third kappa shape index (κ3) is 1.98. The Morgan fingerprint density at radius 1 is 1.54 bits per heavy atom. The number of hydrogen-bond donors (Lipinski definition) is 1. The molecule has 5 heteroatoms. The van der Waals surface area contributed by atoms with Crippen molar-refractivity contribution in [3.8, 4) is 0 Å².